The molecule has 0 atom stereocenters. The quantitative estimate of drug-likeness (QED) is 0.697. The van der Waals surface area contributed by atoms with Crippen molar-refractivity contribution >= 4 is 11.6 Å². The highest BCUT2D eigenvalue weighted by molar-refractivity contribution is 6.28. The second-order valence-electron chi connectivity index (χ2n) is 2.33. The summed E-state index contributed by atoms with van der Waals surface area (Å²) in [6.07, 6.45) is 3.97. The standard InChI is InChI=1S/C7H4ClFN4/c8-7-12-11-4-13(7)6-1-5(9)2-10-3-6/h1-4H. The fourth-order valence-electron chi connectivity index (χ4n) is 0.927. The second-order valence-corrected chi connectivity index (χ2v) is 2.67. The summed E-state index contributed by atoms with van der Waals surface area (Å²) in [5, 5.41) is 7.28. The molecule has 0 N–H and O–H groups in total. The van der Waals surface area contributed by atoms with Crippen LogP contribution in [0.4, 0.5) is 4.39 Å². The first-order chi connectivity index (χ1) is 6.27. The molecular formula is C7H4ClFN4. The van der Waals surface area contributed by atoms with Crippen molar-refractivity contribution in [3.63, 3.8) is 0 Å². The van der Waals surface area contributed by atoms with E-state index in [2.05, 4.69) is 15.2 Å². The predicted molar refractivity (Wildman–Crippen MR) is 44.1 cm³/mol. The monoisotopic (exact) mass is 198 g/mol. The first-order valence-electron chi connectivity index (χ1n) is 3.44. The zero-order chi connectivity index (χ0) is 9.26. The van der Waals surface area contributed by atoms with Gasteiger partial charge in [0.25, 0.3) is 0 Å². The van der Waals surface area contributed by atoms with Crippen LogP contribution in [-0.2, 0) is 0 Å². The molecule has 4 nitrogen and oxygen atoms in total. The van der Waals surface area contributed by atoms with Gasteiger partial charge < -0.3 is 0 Å². The molecule has 0 fully saturated rings. The maximum Gasteiger partial charge on any atom is 0.229 e. The Morgan fingerprint density at radius 2 is 2.23 bits per heavy atom. The Balaban J connectivity index is 2.53. The number of aromatic nitrogens is 4. The van der Waals surface area contributed by atoms with Crippen molar-refractivity contribution in [2.45, 2.75) is 0 Å². The van der Waals surface area contributed by atoms with E-state index < -0.39 is 5.82 Å². The zero-order valence-corrected chi connectivity index (χ0v) is 7.11. The molecular weight excluding hydrogens is 195 g/mol. The van der Waals surface area contributed by atoms with Gasteiger partial charge in [0, 0.05) is 6.07 Å². The summed E-state index contributed by atoms with van der Waals surface area (Å²) in [5.74, 6) is -0.428. The maximum absolute atomic E-state index is 12.7. The normalized spacial score (nSPS) is 10.3. The van der Waals surface area contributed by atoms with Gasteiger partial charge in [-0.25, -0.2) is 4.39 Å². The van der Waals surface area contributed by atoms with Crippen LogP contribution in [0.2, 0.25) is 5.28 Å². The average molecular weight is 199 g/mol. The van der Waals surface area contributed by atoms with Crippen LogP contribution in [-0.4, -0.2) is 19.7 Å². The van der Waals surface area contributed by atoms with E-state index in [0.29, 0.717) is 5.69 Å². The second kappa shape index (κ2) is 3.10. The Bertz CT molecular complexity index is 428. The number of rotatable bonds is 1. The highest BCUT2D eigenvalue weighted by atomic mass is 35.5. The van der Waals surface area contributed by atoms with Gasteiger partial charge in [-0.05, 0) is 11.6 Å². The van der Waals surface area contributed by atoms with E-state index >= 15 is 0 Å². The fourth-order valence-corrected chi connectivity index (χ4v) is 1.11. The molecule has 0 saturated carbocycles. The van der Waals surface area contributed by atoms with Crippen LogP contribution < -0.4 is 0 Å². The first-order valence-corrected chi connectivity index (χ1v) is 3.81. The number of pyridine rings is 1. The molecule has 0 aliphatic heterocycles. The minimum absolute atomic E-state index is 0.174. The lowest BCUT2D eigenvalue weighted by Gasteiger charge is -2.00. The lowest BCUT2D eigenvalue weighted by atomic mass is 10.4. The Labute approximate surface area is 78.0 Å². The largest absolute Gasteiger partial charge is 0.271 e. The van der Waals surface area contributed by atoms with E-state index in [4.69, 9.17) is 11.6 Å². The van der Waals surface area contributed by atoms with Crippen molar-refractivity contribution in [1.82, 2.24) is 19.7 Å². The van der Waals surface area contributed by atoms with Gasteiger partial charge in [-0.1, -0.05) is 0 Å². The number of hydrogen-bond donors (Lipinski definition) is 0. The summed E-state index contributed by atoms with van der Waals surface area (Å²) in [5.41, 5.74) is 0.495. The third-order valence-electron chi connectivity index (χ3n) is 1.47. The molecule has 0 aromatic carbocycles. The van der Waals surface area contributed by atoms with Crippen molar-refractivity contribution in [3.8, 4) is 5.69 Å². The lowest BCUT2D eigenvalue weighted by molar-refractivity contribution is 0.620. The number of hydrogen-bond acceptors (Lipinski definition) is 3. The van der Waals surface area contributed by atoms with Crippen LogP contribution in [0, 0.1) is 5.82 Å². The van der Waals surface area contributed by atoms with Gasteiger partial charge in [0.05, 0.1) is 18.1 Å². The molecule has 2 rings (SSSR count). The van der Waals surface area contributed by atoms with E-state index in [1.54, 1.807) is 0 Å². The summed E-state index contributed by atoms with van der Waals surface area (Å²) in [6.45, 7) is 0. The van der Waals surface area contributed by atoms with Crippen molar-refractivity contribution in [2.24, 2.45) is 0 Å². The fraction of sp³-hybridized carbons (Fsp3) is 0. The Morgan fingerprint density at radius 3 is 2.85 bits per heavy atom. The van der Waals surface area contributed by atoms with Crippen LogP contribution in [0.3, 0.4) is 0 Å². The Hall–Kier alpha value is -1.49. The Morgan fingerprint density at radius 1 is 1.38 bits per heavy atom. The minimum Gasteiger partial charge on any atom is -0.271 e. The topological polar surface area (TPSA) is 43.6 Å². The average Bonchev–Trinajstić information content (AvgIpc) is 2.51. The molecule has 0 radical (unpaired) electrons. The van der Waals surface area contributed by atoms with Gasteiger partial charge >= 0.3 is 0 Å². The smallest absolute Gasteiger partial charge is 0.229 e. The van der Waals surface area contributed by atoms with Crippen LogP contribution in [0.25, 0.3) is 5.69 Å². The van der Waals surface area contributed by atoms with Crippen LogP contribution in [0.5, 0.6) is 0 Å². The van der Waals surface area contributed by atoms with Crippen molar-refractivity contribution in [1.29, 1.82) is 0 Å². The van der Waals surface area contributed by atoms with Crippen molar-refractivity contribution < 1.29 is 4.39 Å². The molecule has 66 valence electrons. The predicted octanol–water partition coefficient (Wildman–Crippen LogP) is 1.45. The van der Waals surface area contributed by atoms with Gasteiger partial charge in [0.15, 0.2) is 0 Å². The van der Waals surface area contributed by atoms with Gasteiger partial charge in [-0.3, -0.25) is 9.55 Å². The summed E-state index contributed by atoms with van der Waals surface area (Å²) >= 11 is 5.67. The number of halogens is 2. The van der Waals surface area contributed by atoms with E-state index in [9.17, 15) is 4.39 Å². The van der Waals surface area contributed by atoms with Gasteiger partial charge in [-0.15, -0.1) is 10.2 Å². The molecule has 0 amide bonds. The maximum atomic E-state index is 12.7. The zero-order valence-electron chi connectivity index (χ0n) is 6.35. The van der Waals surface area contributed by atoms with Crippen molar-refractivity contribution in [3.05, 3.63) is 35.9 Å². The van der Waals surface area contributed by atoms with E-state index in [-0.39, 0.29) is 5.28 Å². The third-order valence-corrected chi connectivity index (χ3v) is 1.73. The lowest BCUT2D eigenvalue weighted by Crippen LogP contribution is -1.94. The molecule has 2 aromatic heterocycles. The summed E-state index contributed by atoms with van der Waals surface area (Å²) in [6, 6.07) is 1.29. The molecule has 0 bridgehead atoms. The van der Waals surface area contributed by atoms with Gasteiger partial charge in [0.1, 0.15) is 12.1 Å². The molecule has 2 aromatic rings. The van der Waals surface area contributed by atoms with E-state index in [0.717, 1.165) is 6.20 Å². The van der Waals surface area contributed by atoms with E-state index in [1.807, 2.05) is 0 Å². The molecule has 6 heteroatoms. The van der Waals surface area contributed by atoms with Crippen LogP contribution in [0.15, 0.2) is 24.8 Å². The molecule has 0 saturated heterocycles. The molecule has 0 spiro atoms. The molecule has 13 heavy (non-hydrogen) atoms. The first kappa shape index (κ1) is 8.12. The number of nitrogens with zero attached hydrogens (tertiary/aromatic N) is 4. The van der Waals surface area contributed by atoms with Crippen LogP contribution >= 0.6 is 11.6 Å². The van der Waals surface area contributed by atoms with E-state index in [1.165, 1.54) is 23.2 Å². The summed E-state index contributed by atoms with van der Waals surface area (Å²) in [4.78, 5) is 3.67. The van der Waals surface area contributed by atoms with Crippen molar-refractivity contribution in [2.75, 3.05) is 0 Å². The Kier molecular flexibility index (Phi) is 1.94. The summed E-state index contributed by atoms with van der Waals surface area (Å²) in [7, 11) is 0. The minimum atomic E-state index is -0.428. The van der Waals surface area contributed by atoms with Gasteiger partial charge in [-0.2, -0.15) is 0 Å². The summed E-state index contributed by atoms with van der Waals surface area (Å²) < 4.78 is 14.2. The molecule has 0 unspecified atom stereocenters. The molecule has 2 heterocycles. The van der Waals surface area contributed by atoms with Gasteiger partial charge in [0.2, 0.25) is 5.28 Å². The molecule has 0 aliphatic rings. The van der Waals surface area contributed by atoms with Crippen LogP contribution in [0.1, 0.15) is 0 Å². The third kappa shape index (κ3) is 1.50. The SMILES string of the molecule is Fc1cncc(-n2cnnc2Cl)c1. The highest BCUT2D eigenvalue weighted by Crippen LogP contribution is 2.12. The molecule has 0 aliphatic carbocycles. The highest BCUT2D eigenvalue weighted by Gasteiger charge is 2.03.